The average Bonchev–Trinajstić information content (AvgIpc) is 2.60. The minimum Gasteiger partial charge on any atom is -0.369 e. The maximum atomic E-state index is 5.80. The molecule has 3 heterocycles. The van der Waals surface area contributed by atoms with Gasteiger partial charge in [-0.15, -0.1) is 0 Å². The third-order valence-electron chi connectivity index (χ3n) is 3.60. The van der Waals surface area contributed by atoms with Crippen LogP contribution >= 0.6 is 11.6 Å². The fourth-order valence-electron chi connectivity index (χ4n) is 2.73. The fourth-order valence-corrected chi connectivity index (χ4v) is 2.84. The van der Waals surface area contributed by atoms with E-state index in [0.29, 0.717) is 11.2 Å². The zero-order valence-electron chi connectivity index (χ0n) is 9.19. The number of hydrogen-bond acceptors (Lipinski definition) is 3. The Morgan fingerprint density at radius 2 is 2.12 bits per heavy atom. The molecule has 2 aliphatic rings. The van der Waals surface area contributed by atoms with E-state index in [1.807, 2.05) is 12.3 Å². The first-order chi connectivity index (χ1) is 7.81. The lowest BCUT2D eigenvalue weighted by Gasteiger charge is -2.25. The van der Waals surface area contributed by atoms with Crippen LogP contribution in [0.15, 0.2) is 18.3 Å². The lowest BCUT2D eigenvalue weighted by Crippen LogP contribution is -2.35. The van der Waals surface area contributed by atoms with Crippen LogP contribution in [0.2, 0.25) is 5.15 Å². The van der Waals surface area contributed by atoms with Gasteiger partial charge in [0, 0.05) is 25.2 Å². The number of rotatable bonds is 1. The molecular formula is C12H16ClN3. The van der Waals surface area contributed by atoms with E-state index >= 15 is 0 Å². The van der Waals surface area contributed by atoms with Crippen molar-refractivity contribution >= 4 is 17.3 Å². The molecule has 2 bridgehead atoms. The molecule has 16 heavy (non-hydrogen) atoms. The maximum Gasteiger partial charge on any atom is 0.129 e. The topological polar surface area (TPSA) is 28.2 Å². The number of aromatic nitrogens is 1. The predicted molar refractivity (Wildman–Crippen MR) is 66.0 cm³/mol. The van der Waals surface area contributed by atoms with Crippen LogP contribution in [-0.4, -0.2) is 30.2 Å². The second-order valence-electron chi connectivity index (χ2n) is 4.71. The van der Waals surface area contributed by atoms with Crippen LogP contribution in [0.4, 0.5) is 5.69 Å². The van der Waals surface area contributed by atoms with Crippen molar-refractivity contribution in [3.05, 3.63) is 23.5 Å². The van der Waals surface area contributed by atoms with Crippen LogP contribution < -0.4 is 10.2 Å². The Labute approximate surface area is 101 Å². The van der Waals surface area contributed by atoms with E-state index in [4.69, 9.17) is 11.6 Å². The van der Waals surface area contributed by atoms with Crippen molar-refractivity contribution in [1.29, 1.82) is 0 Å². The molecule has 2 aliphatic heterocycles. The predicted octanol–water partition coefficient (Wildman–Crippen LogP) is 2.07. The van der Waals surface area contributed by atoms with Crippen LogP contribution in [0.1, 0.15) is 19.3 Å². The summed E-state index contributed by atoms with van der Waals surface area (Å²) in [5.41, 5.74) is 1.19. The molecule has 0 aliphatic carbocycles. The molecule has 2 atom stereocenters. The molecule has 0 amide bonds. The molecule has 0 aromatic carbocycles. The normalized spacial score (nSPS) is 29.2. The van der Waals surface area contributed by atoms with Crippen LogP contribution in [0.25, 0.3) is 0 Å². The highest BCUT2D eigenvalue weighted by molar-refractivity contribution is 6.29. The zero-order chi connectivity index (χ0) is 11.0. The van der Waals surface area contributed by atoms with Crippen molar-refractivity contribution in [2.24, 2.45) is 0 Å². The maximum absolute atomic E-state index is 5.80. The second-order valence-corrected chi connectivity index (χ2v) is 5.10. The highest BCUT2D eigenvalue weighted by Gasteiger charge is 2.29. The molecule has 0 radical (unpaired) electrons. The van der Waals surface area contributed by atoms with E-state index in [1.165, 1.54) is 24.9 Å². The van der Waals surface area contributed by atoms with Gasteiger partial charge in [-0.3, -0.25) is 0 Å². The number of anilines is 1. The lowest BCUT2D eigenvalue weighted by molar-refractivity contribution is 0.563. The number of halogens is 1. The summed E-state index contributed by atoms with van der Waals surface area (Å²) in [6, 6.07) is 5.32. The first-order valence-electron chi connectivity index (χ1n) is 5.94. The molecule has 2 unspecified atom stereocenters. The molecule has 1 aromatic heterocycles. The second kappa shape index (κ2) is 4.22. The first kappa shape index (κ1) is 10.4. The highest BCUT2D eigenvalue weighted by Crippen LogP contribution is 2.24. The van der Waals surface area contributed by atoms with E-state index in [0.717, 1.165) is 19.1 Å². The Morgan fingerprint density at radius 3 is 2.94 bits per heavy atom. The third kappa shape index (κ3) is 2.02. The van der Waals surface area contributed by atoms with Gasteiger partial charge in [0.1, 0.15) is 5.15 Å². The van der Waals surface area contributed by atoms with Gasteiger partial charge in [-0.2, -0.15) is 0 Å². The van der Waals surface area contributed by atoms with Gasteiger partial charge in [-0.05, 0) is 31.4 Å². The van der Waals surface area contributed by atoms with Crippen molar-refractivity contribution < 1.29 is 0 Å². The van der Waals surface area contributed by atoms with Crippen molar-refractivity contribution in [3.8, 4) is 0 Å². The molecule has 1 N–H and O–H groups in total. The molecule has 2 fully saturated rings. The monoisotopic (exact) mass is 237 g/mol. The summed E-state index contributed by atoms with van der Waals surface area (Å²) in [6.45, 7) is 2.22. The Morgan fingerprint density at radius 1 is 1.25 bits per heavy atom. The van der Waals surface area contributed by atoms with E-state index < -0.39 is 0 Å². The third-order valence-corrected chi connectivity index (χ3v) is 3.82. The van der Waals surface area contributed by atoms with Gasteiger partial charge < -0.3 is 10.2 Å². The van der Waals surface area contributed by atoms with E-state index in [-0.39, 0.29) is 0 Å². The number of hydrogen-bond donors (Lipinski definition) is 1. The number of nitrogens with zero attached hydrogens (tertiary/aromatic N) is 2. The fraction of sp³-hybridized carbons (Fsp3) is 0.583. The summed E-state index contributed by atoms with van der Waals surface area (Å²) in [4.78, 5) is 6.57. The molecule has 0 saturated carbocycles. The van der Waals surface area contributed by atoms with E-state index in [9.17, 15) is 0 Å². The number of fused-ring (bicyclic) bond motifs is 2. The molecule has 86 valence electrons. The van der Waals surface area contributed by atoms with Gasteiger partial charge in [0.2, 0.25) is 0 Å². The number of pyridine rings is 1. The van der Waals surface area contributed by atoms with Gasteiger partial charge in [0.15, 0.2) is 0 Å². The number of nitrogens with one attached hydrogen (secondary N) is 1. The molecule has 2 saturated heterocycles. The minimum absolute atomic E-state index is 0.568. The van der Waals surface area contributed by atoms with E-state index in [2.05, 4.69) is 21.3 Å². The highest BCUT2D eigenvalue weighted by atomic mass is 35.5. The Hall–Kier alpha value is -0.800. The zero-order valence-corrected chi connectivity index (χ0v) is 9.95. The summed E-state index contributed by atoms with van der Waals surface area (Å²) >= 11 is 5.80. The van der Waals surface area contributed by atoms with Gasteiger partial charge >= 0.3 is 0 Å². The summed E-state index contributed by atoms with van der Waals surface area (Å²) < 4.78 is 0. The van der Waals surface area contributed by atoms with Gasteiger partial charge in [0.05, 0.1) is 11.9 Å². The largest absolute Gasteiger partial charge is 0.369 e. The first-order valence-corrected chi connectivity index (χ1v) is 6.31. The molecule has 3 rings (SSSR count). The molecule has 4 heteroatoms. The van der Waals surface area contributed by atoms with Gasteiger partial charge in [-0.25, -0.2) is 4.98 Å². The summed E-state index contributed by atoms with van der Waals surface area (Å²) in [5.74, 6) is 0. The molecule has 0 spiro atoms. The molecular weight excluding hydrogens is 222 g/mol. The minimum atomic E-state index is 0.568. The average molecular weight is 238 g/mol. The van der Waals surface area contributed by atoms with Crippen molar-refractivity contribution in [1.82, 2.24) is 10.3 Å². The van der Waals surface area contributed by atoms with Crippen LogP contribution in [0.3, 0.4) is 0 Å². The Kier molecular flexibility index (Phi) is 2.74. The smallest absolute Gasteiger partial charge is 0.129 e. The molecule has 1 aromatic rings. The summed E-state index contributed by atoms with van der Waals surface area (Å²) in [7, 11) is 0. The van der Waals surface area contributed by atoms with Crippen LogP contribution in [0, 0.1) is 0 Å². The van der Waals surface area contributed by atoms with Gasteiger partial charge in [-0.1, -0.05) is 11.6 Å². The standard InChI is InChI=1S/C12H16ClN3/c13-12-4-3-11(7-14-12)16-6-5-9-1-2-10(8-16)15-9/h3-4,7,9-10,15H,1-2,5-6,8H2. The Balaban J connectivity index is 1.77. The van der Waals surface area contributed by atoms with Crippen molar-refractivity contribution in [3.63, 3.8) is 0 Å². The van der Waals surface area contributed by atoms with Crippen molar-refractivity contribution in [2.45, 2.75) is 31.3 Å². The lowest BCUT2D eigenvalue weighted by atomic mass is 10.1. The van der Waals surface area contributed by atoms with Crippen LogP contribution in [-0.2, 0) is 0 Å². The van der Waals surface area contributed by atoms with Crippen LogP contribution in [0.5, 0.6) is 0 Å². The SMILES string of the molecule is Clc1ccc(N2CCC3CCC(C2)N3)cn1. The quantitative estimate of drug-likeness (QED) is 0.758. The molecule has 3 nitrogen and oxygen atoms in total. The van der Waals surface area contributed by atoms with Gasteiger partial charge in [0.25, 0.3) is 0 Å². The summed E-state index contributed by atoms with van der Waals surface area (Å²) in [5, 5.41) is 4.24. The van der Waals surface area contributed by atoms with E-state index in [1.54, 1.807) is 0 Å². The van der Waals surface area contributed by atoms with Crippen molar-refractivity contribution in [2.75, 3.05) is 18.0 Å². The summed E-state index contributed by atoms with van der Waals surface area (Å²) in [6.07, 6.45) is 5.76. The Bertz CT molecular complexity index is 365.